The summed E-state index contributed by atoms with van der Waals surface area (Å²) in [6.07, 6.45) is 0. The van der Waals surface area contributed by atoms with Crippen LogP contribution < -0.4 is 10.5 Å². The third kappa shape index (κ3) is 3.19. The van der Waals surface area contributed by atoms with E-state index in [9.17, 15) is 8.42 Å². The molecule has 0 unspecified atom stereocenters. The molecule has 7 heteroatoms. The second-order valence-corrected chi connectivity index (χ2v) is 6.78. The van der Waals surface area contributed by atoms with E-state index in [-0.39, 0.29) is 4.90 Å². The standard InChI is InChI=1S/C16H16N4O2S/c1-12-11-16(20(18-12)14-5-3-2-4-6-14)19-23(21,22)15-9-7-13(17)8-10-15/h2-11,19H,17H2,1H3. The van der Waals surface area contributed by atoms with Gasteiger partial charge in [-0.05, 0) is 43.3 Å². The number of hydrogen-bond acceptors (Lipinski definition) is 4. The van der Waals surface area contributed by atoms with Gasteiger partial charge in [0.15, 0.2) is 0 Å². The lowest BCUT2D eigenvalue weighted by Crippen LogP contribution is -2.15. The maximum Gasteiger partial charge on any atom is 0.263 e. The lowest BCUT2D eigenvalue weighted by molar-refractivity contribution is 0.600. The number of sulfonamides is 1. The van der Waals surface area contributed by atoms with Crippen molar-refractivity contribution < 1.29 is 8.42 Å². The van der Waals surface area contributed by atoms with Crippen LogP contribution in [-0.2, 0) is 10.0 Å². The molecule has 0 aliphatic heterocycles. The van der Waals surface area contributed by atoms with Crippen LogP contribution in [0.3, 0.4) is 0 Å². The van der Waals surface area contributed by atoms with Crippen molar-refractivity contribution in [3.63, 3.8) is 0 Å². The fourth-order valence-electron chi connectivity index (χ4n) is 2.18. The predicted molar refractivity (Wildman–Crippen MR) is 90.0 cm³/mol. The molecule has 0 radical (unpaired) electrons. The van der Waals surface area contributed by atoms with E-state index in [1.807, 2.05) is 30.3 Å². The van der Waals surface area contributed by atoms with Gasteiger partial charge in [-0.15, -0.1) is 0 Å². The van der Waals surface area contributed by atoms with Crippen molar-refractivity contribution in [2.45, 2.75) is 11.8 Å². The van der Waals surface area contributed by atoms with Gasteiger partial charge >= 0.3 is 0 Å². The lowest BCUT2D eigenvalue weighted by Gasteiger charge is -2.10. The summed E-state index contributed by atoms with van der Waals surface area (Å²) in [5.41, 5.74) is 7.59. The zero-order valence-electron chi connectivity index (χ0n) is 12.5. The topological polar surface area (TPSA) is 90.0 Å². The van der Waals surface area contributed by atoms with Crippen molar-refractivity contribution >= 4 is 21.5 Å². The number of hydrogen-bond donors (Lipinski definition) is 2. The van der Waals surface area contributed by atoms with E-state index in [1.165, 1.54) is 12.1 Å². The van der Waals surface area contributed by atoms with Gasteiger partial charge < -0.3 is 5.73 Å². The Labute approximate surface area is 134 Å². The van der Waals surface area contributed by atoms with E-state index in [1.54, 1.807) is 29.8 Å². The first-order valence-electron chi connectivity index (χ1n) is 6.96. The van der Waals surface area contributed by atoms with Crippen LogP contribution in [0.2, 0.25) is 0 Å². The molecule has 23 heavy (non-hydrogen) atoms. The molecule has 0 spiro atoms. The molecule has 0 aliphatic carbocycles. The summed E-state index contributed by atoms with van der Waals surface area (Å²) in [5, 5.41) is 4.34. The number of benzene rings is 2. The molecular weight excluding hydrogens is 312 g/mol. The highest BCUT2D eigenvalue weighted by molar-refractivity contribution is 7.92. The molecule has 3 N–H and O–H groups in total. The molecule has 1 heterocycles. The average Bonchev–Trinajstić information content (AvgIpc) is 2.88. The van der Waals surface area contributed by atoms with Crippen LogP contribution in [0.1, 0.15) is 5.69 Å². The summed E-state index contributed by atoms with van der Waals surface area (Å²) in [6.45, 7) is 1.81. The Morgan fingerprint density at radius 2 is 1.70 bits per heavy atom. The first-order chi connectivity index (χ1) is 11.0. The lowest BCUT2D eigenvalue weighted by atomic mass is 10.3. The van der Waals surface area contributed by atoms with E-state index >= 15 is 0 Å². The Balaban J connectivity index is 1.99. The minimum absolute atomic E-state index is 0.144. The third-order valence-electron chi connectivity index (χ3n) is 3.26. The van der Waals surface area contributed by atoms with Gasteiger partial charge in [0, 0.05) is 11.8 Å². The highest BCUT2D eigenvalue weighted by atomic mass is 32.2. The fraction of sp³-hybridized carbons (Fsp3) is 0.0625. The Kier molecular flexibility index (Phi) is 3.79. The van der Waals surface area contributed by atoms with Crippen LogP contribution in [0, 0.1) is 6.92 Å². The predicted octanol–water partition coefficient (Wildman–Crippen LogP) is 2.56. The molecule has 0 atom stereocenters. The molecule has 0 fully saturated rings. The summed E-state index contributed by atoms with van der Waals surface area (Å²) >= 11 is 0. The fourth-order valence-corrected chi connectivity index (χ4v) is 3.21. The van der Waals surface area contributed by atoms with Crippen LogP contribution >= 0.6 is 0 Å². The second kappa shape index (κ2) is 5.77. The third-order valence-corrected chi connectivity index (χ3v) is 4.63. The first kappa shape index (κ1) is 15.1. The van der Waals surface area contributed by atoms with E-state index in [0.717, 1.165) is 5.69 Å². The van der Waals surface area contributed by atoms with E-state index in [2.05, 4.69) is 9.82 Å². The number of nitrogens with one attached hydrogen (secondary N) is 1. The Bertz CT molecular complexity index is 916. The van der Waals surface area contributed by atoms with Gasteiger partial charge in [-0.2, -0.15) is 5.10 Å². The minimum atomic E-state index is -3.71. The van der Waals surface area contributed by atoms with Crippen molar-refractivity contribution in [1.82, 2.24) is 9.78 Å². The number of rotatable bonds is 4. The molecule has 1 aromatic heterocycles. The van der Waals surface area contributed by atoms with Crippen LogP contribution in [0.15, 0.2) is 65.6 Å². The Morgan fingerprint density at radius 1 is 1.04 bits per heavy atom. The number of nitrogens with zero attached hydrogens (tertiary/aromatic N) is 2. The maximum absolute atomic E-state index is 12.5. The van der Waals surface area contributed by atoms with Crippen LogP contribution in [0.25, 0.3) is 5.69 Å². The summed E-state index contributed by atoms with van der Waals surface area (Å²) < 4.78 is 29.2. The highest BCUT2D eigenvalue weighted by Crippen LogP contribution is 2.21. The van der Waals surface area contributed by atoms with Crippen molar-refractivity contribution in [1.29, 1.82) is 0 Å². The van der Waals surface area contributed by atoms with E-state index < -0.39 is 10.0 Å². The van der Waals surface area contributed by atoms with E-state index in [0.29, 0.717) is 17.2 Å². The largest absolute Gasteiger partial charge is 0.399 e. The van der Waals surface area contributed by atoms with Gasteiger partial charge in [0.1, 0.15) is 5.82 Å². The normalized spacial score (nSPS) is 11.3. The molecule has 0 aliphatic rings. The summed E-state index contributed by atoms with van der Waals surface area (Å²) in [4.78, 5) is 0.144. The smallest absolute Gasteiger partial charge is 0.263 e. The van der Waals surface area contributed by atoms with Gasteiger partial charge in [0.2, 0.25) is 0 Å². The van der Waals surface area contributed by atoms with Crippen LogP contribution in [-0.4, -0.2) is 18.2 Å². The van der Waals surface area contributed by atoms with Crippen molar-refractivity contribution in [3.8, 4) is 5.69 Å². The molecule has 6 nitrogen and oxygen atoms in total. The SMILES string of the molecule is Cc1cc(NS(=O)(=O)c2ccc(N)cc2)n(-c2ccccc2)n1. The zero-order chi connectivity index (χ0) is 16.4. The molecule has 0 saturated carbocycles. The molecule has 3 rings (SSSR count). The average molecular weight is 328 g/mol. The molecular formula is C16H16N4O2S. The maximum atomic E-state index is 12.5. The van der Waals surface area contributed by atoms with Gasteiger partial charge in [0.25, 0.3) is 10.0 Å². The molecule has 0 amide bonds. The number of nitrogens with two attached hydrogens (primary N) is 1. The number of para-hydroxylation sites is 1. The molecule has 2 aromatic carbocycles. The monoisotopic (exact) mass is 328 g/mol. The number of aromatic nitrogens is 2. The molecule has 0 bridgehead atoms. The van der Waals surface area contributed by atoms with E-state index in [4.69, 9.17) is 5.73 Å². The van der Waals surface area contributed by atoms with Gasteiger partial charge in [-0.3, -0.25) is 4.72 Å². The zero-order valence-corrected chi connectivity index (χ0v) is 13.3. The number of aryl methyl sites for hydroxylation is 1. The highest BCUT2D eigenvalue weighted by Gasteiger charge is 2.17. The molecule has 118 valence electrons. The summed E-state index contributed by atoms with van der Waals surface area (Å²) in [7, 11) is -3.71. The van der Waals surface area contributed by atoms with Gasteiger partial charge in [0.05, 0.1) is 16.3 Å². The quantitative estimate of drug-likeness (QED) is 0.720. The summed E-state index contributed by atoms with van der Waals surface area (Å²) in [5.74, 6) is 0.380. The number of anilines is 2. The van der Waals surface area contributed by atoms with Crippen LogP contribution in [0.4, 0.5) is 11.5 Å². The van der Waals surface area contributed by atoms with Crippen molar-refractivity contribution in [3.05, 3.63) is 66.4 Å². The first-order valence-corrected chi connectivity index (χ1v) is 8.44. The van der Waals surface area contributed by atoms with Crippen molar-refractivity contribution in [2.75, 3.05) is 10.5 Å². The van der Waals surface area contributed by atoms with Crippen molar-refractivity contribution in [2.24, 2.45) is 0 Å². The number of nitrogen functional groups attached to an aromatic ring is 1. The minimum Gasteiger partial charge on any atom is -0.399 e. The van der Waals surface area contributed by atoms with Gasteiger partial charge in [-0.25, -0.2) is 13.1 Å². The van der Waals surface area contributed by atoms with Gasteiger partial charge in [-0.1, -0.05) is 18.2 Å². The Hall–Kier alpha value is -2.80. The second-order valence-electron chi connectivity index (χ2n) is 5.09. The summed E-state index contributed by atoms with van der Waals surface area (Å²) in [6, 6.07) is 17.0. The van der Waals surface area contributed by atoms with Crippen LogP contribution in [0.5, 0.6) is 0 Å². The molecule has 3 aromatic rings. The Morgan fingerprint density at radius 3 is 2.35 bits per heavy atom. The molecule has 0 saturated heterocycles.